The highest BCUT2D eigenvalue weighted by molar-refractivity contribution is 5.77. The number of nitrogens with one attached hydrogen (secondary N) is 1. The van der Waals surface area contributed by atoms with Crippen molar-refractivity contribution in [1.29, 1.82) is 0 Å². The lowest BCUT2D eigenvalue weighted by Crippen LogP contribution is -2.54. The molecule has 0 aromatic rings. The molecule has 0 aromatic heterocycles. The summed E-state index contributed by atoms with van der Waals surface area (Å²) in [5, 5.41) is 3.06. The van der Waals surface area contributed by atoms with E-state index in [9.17, 15) is 9.59 Å². The van der Waals surface area contributed by atoms with Gasteiger partial charge in [-0.3, -0.25) is 4.79 Å². The SMILES string of the molecule is O=CCCN1CCC2NC(=O)CCC2C1. The van der Waals surface area contributed by atoms with Crippen molar-refractivity contribution >= 4 is 12.2 Å². The Hall–Kier alpha value is -0.900. The summed E-state index contributed by atoms with van der Waals surface area (Å²) in [6.45, 7) is 2.93. The molecule has 2 atom stereocenters. The highest BCUT2D eigenvalue weighted by Crippen LogP contribution is 2.25. The van der Waals surface area contributed by atoms with Gasteiger partial charge in [0, 0.05) is 38.5 Å². The number of fused-ring (bicyclic) bond motifs is 1. The number of amides is 1. The third-order valence-electron chi connectivity index (χ3n) is 3.47. The smallest absolute Gasteiger partial charge is 0.220 e. The molecule has 2 aliphatic heterocycles. The van der Waals surface area contributed by atoms with E-state index in [1.54, 1.807) is 0 Å². The van der Waals surface area contributed by atoms with Crippen LogP contribution in [0.2, 0.25) is 0 Å². The van der Waals surface area contributed by atoms with E-state index in [4.69, 9.17) is 0 Å². The fraction of sp³-hybridized carbons (Fsp3) is 0.818. The van der Waals surface area contributed by atoms with Gasteiger partial charge in [0.25, 0.3) is 0 Å². The molecule has 2 aliphatic rings. The number of hydrogen-bond donors (Lipinski definition) is 1. The minimum absolute atomic E-state index is 0.206. The van der Waals surface area contributed by atoms with Crippen LogP contribution >= 0.6 is 0 Å². The van der Waals surface area contributed by atoms with Gasteiger partial charge < -0.3 is 15.0 Å². The van der Waals surface area contributed by atoms with Crippen LogP contribution in [-0.4, -0.2) is 42.8 Å². The van der Waals surface area contributed by atoms with Crippen LogP contribution < -0.4 is 5.32 Å². The number of hydrogen-bond acceptors (Lipinski definition) is 3. The summed E-state index contributed by atoms with van der Waals surface area (Å²) < 4.78 is 0. The molecule has 2 fully saturated rings. The Bertz CT molecular complexity index is 255. The first kappa shape index (κ1) is 10.6. The normalized spacial score (nSPS) is 31.9. The molecule has 2 saturated heterocycles. The van der Waals surface area contributed by atoms with E-state index >= 15 is 0 Å². The molecular formula is C11H18N2O2. The van der Waals surface area contributed by atoms with E-state index in [-0.39, 0.29) is 5.91 Å². The van der Waals surface area contributed by atoms with Crippen LogP contribution in [0.5, 0.6) is 0 Å². The van der Waals surface area contributed by atoms with Crippen molar-refractivity contribution < 1.29 is 9.59 Å². The van der Waals surface area contributed by atoms with Gasteiger partial charge in [-0.25, -0.2) is 0 Å². The standard InChI is InChI=1S/C11H18N2O2/c14-7-1-5-13-6-4-10-9(8-13)2-3-11(15)12-10/h7,9-10H,1-6,8H2,(H,12,15). The van der Waals surface area contributed by atoms with Gasteiger partial charge in [0.1, 0.15) is 6.29 Å². The van der Waals surface area contributed by atoms with Crippen molar-refractivity contribution in [3.63, 3.8) is 0 Å². The second-order valence-electron chi connectivity index (χ2n) is 4.52. The number of aldehydes is 1. The van der Waals surface area contributed by atoms with Gasteiger partial charge in [0.05, 0.1) is 0 Å². The first-order chi connectivity index (χ1) is 7.29. The molecular weight excluding hydrogens is 192 g/mol. The predicted molar refractivity (Wildman–Crippen MR) is 56.4 cm³/mol. The third-order valence-corrected chi connectivity index (χ3v) is 3.47. The van der Waals surface area contributed by atoms with Gasteiger partial charge in [0.15, 0.2) is 0 Å². The zero-order valence-electron chi connectivity index (χ0n) is 8.95. The maximum Gasteiger partial charge on any atom is 0.220 e. The fourth-order valence-electron chi connectivity index (χ4n) is 2.62. The van der Waals surface area contributed by atoms with Gasteiger partial charge in [-0.2, -0.15) is 0 Å². The largest absolute Gasteiger partial charge is 0.353 e. The van der Waals surface area contributed by atoms with Gasteiger partial charge in [-0.15, -0.1) is 0 Å². The maximum atomic E-state index is 11.2. The average molecular weight is 210 g/mol. The van der Waals surface area contributed by atoms with Gasteiger partial charge in [-0.1, -0.05) is 0 Å². The van der Waals surface area contributed by atoms with E-state index in [2.05, 4.69) is 10.2 Å². The van der Waals surface area contributed by atoms with E-state index < -0.39 is 0 Å². The first-order valence-corrected chi connectivity index (χ1v) is 5.75. The second kappa shape index (κ2) is 4.75. The summed E-state index contributed by atoms with van der Waals surface area (Å²) >= 11 is 0. The summed E-state index contributed by atoms with van der Waals surface area (Å²) in [7, 11) is 0. The summed E-state index contributed by atoms with van der Waals surface area (Å²) in [5.74, 6) is 0.806. The van der Waals surface area contributed by atoms with E-state index in [0.717, 1.165) is 38.8 Å². The number of piperidine rings is 2. The molecule has 0 radical (unpaired) electrons. The Morgan fingerprint density at radius 3 is 3.13 bits per heavy atom. The highest BCUT2D eigenvalue weighted by Gasteiger charge is 2.33. The Kier molecular flexibility index (Phi) is 3.36. The van der Waals surface area contributed by atoms with Crippen LogP contribution in [0.1, 0.15) is 25.7 Å². The molecule has 0 aliphatic carbocycles. The van der Waals surface area contributed by atoms with Gasteiger partial charge in [-0.05, 0) is 18.8 Å². The molecule has 0 saturated carbocycles. The minimum atomic E-state index is 0.206. The van der Waals surface area contributed by atoms with Crippen LogP contribution in [0.25, 0.3) is 0 Å². The summed E-state index contributed by atoms with van der Waals surface area (Å²) in [5.41, 5.74) is 0. The predicted octanol–water partition coefficient (Wildman–Crippen LogP) is 0.176. The van der Waals surface area contributed by atoms with E-state index in [1.807, 2.05) is 0 Å². The third kappa shape index (κ3) is 2.56. The topological polar surface area (TPSA) is 49.4 Å². The lowest BCUT2D eigenvalue weighted by Gasteiger charge is -2.41. The Balaban J connectivity index is 1.84. The van der Waals surface area contributed by atoms with E-state index in [0.29, 0.717) is 24.8 Å². The Morgan fingerprint density at radius 2 is 2.33 bits per heavy atom. The molecule has 4 nitrogen and oxygen atoms in total. The van der Waals surface area contributed by atoms with Gasteiger partial charge >= 0.3 is 0 Å². The second-order valence-corrected chi connectivity index (χ2v) is 4.52. The zero-order chi connectivity index (χ0) is 10.7. The van der Waals surface area contributed by atoms with Crippen LogP contribution in [0.15, 0.2) is 0 Å². The quantitative estimate of drug-likeness (QED) is 0.676. The summed E-state index contributed by atoms with van der Waals surface area (Å²) in [4.78, 5) is 23.8. The highest BCUT2D eigenvalue weighted by atomic mass is 16.1. The van der Waals surface area contributed by atoms with Crippen molar-refractivity contribution in [3.8, 4) is 0 Å². The lowest BCUT2D eigenvalue weighted by atomic mass is 9.85. The first-order valence-electron chi connectivity index (χ1n) is 5.75. The molecule has 4 heteroatoms. The number of carbonyl (C=O) groups excluding carboxylic acids is 2. The monoisotopic (exact) mass is 210 g/mol. The molecule has 84 valence electrons. The van der Waals surface area contributed by atoms with E-state index in [1.165, 1.54) is 0 Å². The molecule has 1 amide bonds. The molecule has 1 N–H and O–H groups in total. The van der Waals surface area contributed by atoms with Crippen LogP contribution in [0, 0.1) is 5.92 Å². The average Bonchev–Trinajstić information content (AvgIpc) is 2.26. The number of rotatable bonds is 3. The maximum absolute atomic E-state index is 11.2. The Morgan fingerprint density at radius 1 is 1.47 bits per heavy atom. The molecule has 0 spiro atoms. The molecule has 2 rings (SSSR count). The fourth-order valence-corrected chi connectivity index (χ4v) is 2.62. The number of likely N-dealkylation sites (tertiary alicyclic amines) is 1. The molecule has 0 bridgehead atoms. The lowest BCUT2D eigenvalue weighted by molar-refractivity contribution is -0.125. The van der Waals surface area contributed by atoms with Crippen molar-refractivity contribution in [3.05, 3.63) is 0 Å². The molecule has 2 unspecified atom stereocenters. The zero-order valence-corrected chi connectivity index (χ0v) is 8.95. The Labute approximate surface area is 90.0 Å². The van der Waals surface area contributed by atoms with Crippen molar-refractivity contribution in [2.45, 2.75) is 31.7 Å². The number of carbonyl (C=O) groups is 2. The van der Waals surface area contributed by atoms with Crippen LogP contribution in [0.4, 0.5) is 0 Å². The van der Waals surface area contributed by atoms with Crippen LogP contribution in [-0.2, 0) is 9.59 Å². The molecule has 0 aromatic carbocycles. The van der Waals surface area contributed by atoms with Gasteiger partial charge in [0.2, 0.25) is 5.91 Å². The minimum Gasteiger partial charge on any atom is -0.353 e. The van der Waals surface area contributed by atoms with Crippen molar-refractivity contribution in [2.24, 2.45) is 5.92 Å². The van der Waals surface area contributed by atoms with Crippen molar-refractivity contribution in [1.82, 2.24) is 10.2 Å². The van der Waals surface area contributed by atoms with Crippen LogP contribution in [0.3, 0.4) is 0 Å². The summed E-state index contributed by atoms with van der Waals surface area (Å²) in [6.07, 6.45) is 4.32. The van der Waals surface area contributed by atoms with Crippen molar-refractivity contribution in [2.75, 3.05) is 19.6 Å². The molecule has 15 heavy (non-hydrogen) atoms. The summed E-state index contributed by atoms with van der Waals surface area (Å²) in [6, 6.07) is 0.388. The molecule has 2 heterocycles. The number of nitrogens with zero attached hydrogens (tertiary/aromatic N) is 1.